The van der Waals surface area contributed by atoms with Crippen LogP contribution in [0.4, 0.5) is 0 Å². The maximum absolute atomic E-state index is 4.39. The third-order valence-electron chi connectivity index (χ3n) is 1.76. The molecule has 1 aromatic rings. The summed E-state index contributed by atoms with van der Waals surface area (Å²) in [5, 5.41) is 0. The Kier molecular flexibility index (Phi) is 5.45. The average Bonchev–Trinajstić information content (AvgIpc) is 2.69. The van der Waals surface area contributed by atoms with Crippen molar-refractivity contribution in [2.24, 2.45) is 4.99 Å². The summed E-state index contributed by atoms with van der Waals surface area (Å²) in [7, 11) is 0. The van der Waals surface area contributed by atoms with Gasteiger partial charge in [0.05, 0.1) is 6.54 Å². The second kappa shape index (κ2) is 6.38. The van der Waals surface area contributed by atoms with Crippen molar-refractivity contribution in [1.82, 2.24) is 0 Å². The second-order valence-corrected chi connectivity index (χ2v) is 5.08. The lowest BCUT2D eigenvalue weighted by Crippen LogP contribution is -1.83. The maximum Gasteiger partial charge on any atom is 0.124 e. The quantitative estimate of drug-likeness (QED) is 0.792. The normalized spacial score (nSPS) is 14.7. The molecule has 0 unspecified atom stereocenters. The minimum Gasteiger partial charge on any atom is -0.271 e. The summed E-state index contributed by atoms with van der Waals surface area (Å²) in [6.45, 7) is 1.00. The number of hydrogen-bond donors (Lipinski definition) is 0. The zero-order chi connectivity index (χ0) is 8.93. The van der Waals surface area contributed by atoms with E-state index in [1.165, 1.54) is 9.94 Å². The van der Waals surface area contributed by atoms with Gasteiger partial charge in [-0.05, 0) is 5.56 Å². The van der Waals surface area contributed by atoms with Crippen molar-refractivity contribution in [2.45, 2.75) is 5.75 Å². The molecule has 0 aromatic heterocycles. The van der Waals surface area contributed by atoms with Crippen molar-refractivity contribution < 1.29 is 0 Å². The predicted octanol–water partition coefficient (Wildman–Crippen LogP) is 3.44. The van der Waals surface area contributed by atoms with Gasteiger partial charge in [0.1, 0.15) is 4.38 Å². The van der Waals surface area contributed by atoms with Gasteiger partial charge in [-0.2, -0.15) is 0 Å². The topological polar surface area (TPSA) is 12.4 Å². The van der Waals surface area contributed by atoms with Crippen LogP contribution in [0.3, 0.4) is 0 Å². The highest BCUT2D eigenvalue weighted by Crippen LogP contribution is 2.24. The minimum absolute atomic E-state index is 0. The summed E-state index contributed by atoms with van der Waals surface area (Å²) in [6.07, 6.45) is 0. The third-order valence-corrected chi connectivity index (χ3v) is 4.09. The van der Waals surface area contributed by atoms with Gasteiger partial charge < -0.3 is 0 Å². The standard InChI is InChI=1S/C10H11NS2.ClH/c1-2-4-9(5-3-1)8-13-10-11-6-7-12-10;/h1-5H,6-8H2;1H. The van der Waals surface area contributed by atoms with E-state index in [-0.39, 0.29) is 12.4 Å². The summed E-state index contributed by atoms with van der Waals surface area (Å²) in [4.78, 5) is 4.39. The molecule has 76 valence electrons. The summed E-state index contributed by atoms with van der Waals surface area (Å²) in [6, 6.07) is 10.5. The fraction of sp³-hybridized carbons (Fsp3) is 0.300. The lowest BCUT2D eigenvalue weighted by Gasteiger charge is -1.99. The Morgan fingerprint density at radius 2 is 2.07 bits per heavy atom. The molecule has 1 heterocycles. The predicted molar refractivity (Wildman–Crippen MR) is 69.7 cm³/mol. The third kappa shape index (κ3) is 3.56. The maximum atomic E-state index is 4.39. The first-order valence-corrected chi connectivity index (χ1v) is 6.26. The van der Waals surface area contributed by atoms with E-state index >= 15 is 0 Å². The van der Waals surface area contributed by atoms with Gasteiger partial charge in [-0.1, -0.05) is 53.9 Å². The molecule has 0 radical (unpaired) electrons. The van der Waals surface area contributed by atoms with Gasteiger partial charge in [0, 0.05) is 11.5 Å². The Bertz CT molecular complexity index is 300. The Balaban J connectivity index is 0.000000980. The van der Waals surface area contributed by atoms with E-state index < -0.39 is 0 Å². The van der Waals surface area contributed by atoms with Crippen LogP contribution in [0.1, 0.15) is 5.56 Å². The van der Waals surface area contributed by atoms with E-state index in [0.717, 1.165) is 18.1 Å². The van der Waals surface area contributed by atoms with Crippen LogP contribution in [0.15, 0.2) is 35.3 Å². The monoisotopic (exact) mass is 245 g/mol. The minimum atomic E-state index is 0. The van der Waals surface area contributed by atoms with Crippen LogP contribution < -0.4 is 0 Å². The summed E-state index contributed by atoms with van der Waals surface area (Å²) in [5.41, 5.74) is 1.38. The fourth-order valence-electron chi connectivity index (χ4n) is 1.12. The van der Waals surface area contributed by atoms with Crippen molar-refractivity contribution in [3.8, 4) is 0 Å². The number of aliphatic imine (C=N–C) groups is 1. The smallest absolute Gasteiger partial charge is 0.124 e. The van der Waals surface area contributed by atoms with Crippen LogP contribution in [-0.4, -0.2) is 16.7 Å². The lowest BCUT2D eigenvalue weighted by atomic mass is 10.2. The average molecular weight is 246 g/mol. The molecule has 0 bridgehead atoms. The van der Waals surface area contributed by atoms with E-state index in [4.69, 9.17) is 0 Å². The second-order valence-electron chi connectivity index (χ2n) is 2.77. The molecule has 0 saturated heterocycles. The number of halogens is 1. The van der Waals surface area contributed by atoms with E-state index in [1.54, 1.807) is 0 Å². The lowest BCUT2D eigenvalue weighted by molar-refractivity contribution is 1.18. The first-order chi connectivity index (χ1) is 6.45. The van der Waals surface area contributed by atoms with Crippen LogP contribution in [0.25, 0.3) is 0 Å². The molecule has 4 heteroatoms. The zero-order valence-corrected chi connectivity index (χ0v) is 10.1. The van der Waals surface area contributed by atoms with Crippen LogP contribution in [0.2, 0.25) is 0 Å². The van der Waals surface area contributed by atoms with Crippen LogP contribution in [-0.2, 0) is 5.75 Å². The van der Waals surface area contributed by atoms with Crippen molar-refractivity contribution in [2.75, 3.05) is 12.3 Å². The Morgan fingerprint density at radius 3 is 2.71 bits per heavy atom. The molecule has 0 aliphatic carbocycles. The van der Waals surface area contributed by atoms with Crippen molar-refractivity contribution in [3.63, 3.8) is 0 Å². The first-order valence-electron chi connectivity index (χ1n) is 4.29. The molecule has 1 aliphatic heterocycles. The largest absolute Gasteiger partial charge is 0.271 e. The molecule has 0 spiro atoms. The van der Waals surface area contributed by atoms with Gasteiger partial charge in [0.15, 0.2) is 0 Å². The van der Waals surface area contributed by atoms with E-state index in [9.17, 15) is 0 Å². The van der Waals surface area contributed by atoms with Gasteiger partial charge in [0.25, 0.3) is 0 Å². The van der Waals surface area contributed by atoms with Gasteiger partial charge in [0.2, 0.25) is 0 Å². The Morgan fingerprint density at radius 1 is 1.29 bits per heavy atom. The molecule has 14 heavy (non-hydrogen) atoms. The highest BCUT2D eigenvalue weighted by atomic mass is 35.5. The number of hydrogen-bond acceptors (Lipinski definition) is 3. The molecule has 0 saturated carbocycles. The van der Waals surface area contributed by atoms with E-state index in [0.29, 0.717) is 0 Å². The number of rotatable bonds is 2. The summed E-state index contributed by atoms with van der Waals surface area (Å²) in [5.74, 6) is 2.21. The van der Waals surface area contributed by atoms with Gasteiger partial charge in [-0.3, -0.25) is 4.99 Å². The highest BCUT2D eigenvalue weighted by molar-refractivity contribution is 8.38. The summed E-state index contributed by atoms with van der Waals surface area (Å²) >= 11 is 3.72. The Hall–Kier alpha value is -0.120. The SMILES string of the molecule is Cl.c1ccc(CSC2=NCCS2)cc1. The van der Waals surface area contributed by atoms with Crippen molar-refractivity contribution in [1.29, 1.82) is 0 Å². The van der Waals surface area contributed by atoms with Gasteiger partial charge in [-0.15, -0.1) is 12.4 Å². The van der Waals surface area contributed by atoms with Crippen LogP contribution in [0, 0.1) is 0 Å². The summed E-state index contributed by atoms with van der Waals surface area (Å²) < 4.78 is 1.25. The molecule has 1 nitrogen and oxygen atoms in total. The number of benzene rings is 1. The van der Waals surface area contributed by atoms with Crippen LogP contribution >= 0.6 is 35.9 Å². The highest BCUT2D eigenvalue weighted by Gasteiger charge is 2.06. The fourth-order valence-corrected chi connectivity index (χ4v) is 3.09. The molecule has 0 amide bonds. The van der Waals surface area contributed by atoms with E-state index in [2.05, 4.69) is 35.3 Å². The molecule has 1 aliphatic rings. The number of nitrogens with zero attached hydrogens (tertiary/aromatic N) is 1. The van der Waals surface area contributed by atoms with Crippen molar-refractivity contribution in [3.05, 3.63) is 35.9 Å². The van der Waals surface area contributed by atoms with Gasteiger partial charge >= 0.3 is 0 Å². The molecule has 0 fully saturated rings. The molecule has 2 rings (SSSR count). The molecular weight excluding hydrogens is 234 g/mol. The van der Waals surface area contributed by atoms with Crippen LogP contribution in [0.5, 0.6) is 0 Å². The first kappa shape index (κ1) is 12.0. The molecule has 0 N–H and O–H groups in total. The zero-order valence-electron chi connectivity index (χ0n) is 7.68. The van der Waals surface area contributed by atoms with E-state index in [1.807, 2.05) is 23.5 Å². The Labute approximate surface area is 99.2 Å². The molecule has 1 aromatic carbocycles. The number of thioether (sulfide) groups is 2. The van der Waals surface area contributed by atoms with Gasteiger partial charge in [-0.25, -0.2) is 0 Å². The molecule has 0 atom stereocenters. The van der Waals surface area contributed by atoms with Crippen molar-refractivity contribution >= 4 is 40.3 Å². The molecular formula is C10H12ClNS2.